The Labute approximate surface area is 105 Å². The minimum atomic E-state index is -0.678. The molecular formula is C10H15N3O3Se. The van der Waals surface area contributed by atoms with Crippen LogP contribution in [0.5, 0.6) is 0 Å². The molecular weight excluding hydrogens is 289 g/mol. The van der Waals surface area contributed by atoms with E-state index in [-0.39, 0.29) is 10.2 Å². The number of anilines is 1. The van der Waals surface area contributed by atoms with Crippen LogP contribution >= 0.6 is 0 Å². The quantitative estimate of drug-likeness (QED) is 0.465. The third kappa shape index (κ3) is 1.40. The molecule has 1 aliphatic heterocycles. The zero-order chi connectivity index (χ0) is 13.2. The standard InChI is InChI=1S/C10H15N3O3Se/c1-9(2)5-6(11)8(12(14)15)17-7(5)10(3,4)13(9)16/h16H,11H2,1-4H3. The predicted molar refractivity (Wildman–Crippen MR) is 64.1 cm³/mol. The molecule has 0 saturated heterocycles. The van der Waals surface area contributed by atoms with Crippen LogP contribution in [0, 0.1) is 10.1 Å². The summed E-state index contributed by atoms with van der Waals surface area (Å²) in [5.41, 5.74) is 5.58. The summed E-state index contributed by atoms with van der Waals surface area (Å²) in [7, 11) is 0. The SMILES string of the molecule is CC1(C)c2[se]c([N+](=O)[O-])c(N)c2C(C)(C)N1O. The van der Waals surface area contributed by atoms with E-state index in [1.54, 1.807) is 0 Å². The van der Waals surface area contributed by atoms with Crippen LogP contribution in [-0.2, 0) is 11.1 Å². The summed E-state index contributed by atoms with van der Waals surface area (Å²) in [5, 5.41) is 22.4. The fourth-order valence-electron chi connectivity index (χ4n) is 2.51. The van der Waals surface area contributed by atoms with Crippen LogP contribution in [-0.4, -0.2) is 29.7 Å². The monoisotopic (exact) mass is 305 g/mol. The Bertz CT molecular complexity index is 507. The fraction of sp³-hybridized carbons (Fsp3) is 0.600. The van der Waals surface area contributed by atoms with Gasteiger partial charge in [0.05, 0.1) is 0 Å². The van der Waals surface area contributed by atoms with E-state index in [1.807, 2.05) is 27.7 Å². The molecule has 1 aromatic rings. The summed E-state index contributed by atoms with van der Waals surface area (Å²) >= 11 is -0.416. The van der Waals surface area contributed by atoms with Gasteiger partial charge in [-0.25, -0.2) is 0 Å². The van der Waals surface area contributed by atoms with Crippen LogP contribution < -0.4 is 5.73 Å². The molecule has 6 nitrogen and oxygen atoms in total. The van der Waals surface area contributed by atoms with E-state index in [9.17, 15) is 15.3 Å². The number of rotatable bonds is 1. The molecule has 0 aromatic carbocycles. The summed E-state index contributed by atoms with van der Waals surface area (Å²) < 4.78 is 1.01. The molecule has 17 heavy (non-hydrogen) atoms. The minimum absolute atomic E-state index is 0.108. The van der Waals surface area contributed by atoms with Crippen LogP contribution in [0.3, 0.4) is 0 Å². The number of fused-ring (bicyclic) bond motifs is 1. The van der Waals surface area contributed by atoms with Gasteiger partial charge in [0.25, 0.3) is 0 Å². The van der Waals surface area contributed by atoms with Gasteiger partial charge in [-0.15, -0.1) is 0 Å². The van der Waals surface area contributed by atoms with E-state index < -0.39 is 30.5 Å². The van der Waals surface area contributed by atoms with E-state index in [0.29, 0.717) is 0 Å². The van der Waals surface area contributed by atoms with E-state index in [1.165, 1.54) is 5.06 Å². The molecule has 94 valence electrons. The summed E-state index contributed by atoms with van der Waals surface area (Å²) in [5.74, 6) is 0. The van der Waals surface area contributed by atoms with Crippen LogP contribution in [0.2, 0.25) is 0 Å². The molecule has 0 radical (unpaired) electrons. The molecule has 0 bridgehead atoms. The number of nitrogen functional groups attached to an aromatic ring is 1. The molecule has 0 spiro atoms. The molecule has 2 heterocycles. The van der Waals surface area contributed by atoms with Gasteiger partial charge < -0.3 is 0 Å². The second-order valence-corrected chi connectivity index (χ2v) is 7.31. The second-order valence-electron chi connectivity index (χ2n) is 5.21. The van der Waals surface area contributed by atoms with E-state index in [4.69, 9.17) is 5.73 Å². The molecule has 7 heteroatoms. The molecule has 3 N–H and O–H groups in total. The molecule has 0 saturated carbocycles. The second kappa shape index (κ2) is 3.32. The van der Waals surface area contributed by atoms with Crippen molar-refractivity contribution in [3.63, 3.8) is 0 Å². The Balaban J connectivity index is 2.76. The Morgan fingerprint density at radius 1 is 1.35 bits per heavy atom. The Morgan fingerprint density at radius 3 is 2.29 bits per heavy atom. The molecule has 1 aliphatic rings. The van der Waals surface area contributed by atoms with Crippen LogP contribution in [0.1, 0.15) is 37.7 Å². The normalized spacial score (nSPS) is 21.5. The van der Waals surface area contributed by atoms with Gasteiger partial charge in [-0.3, -0.25) is 0 Å². The van der Waals surface area contributed by atoms with Crippen molar-refractivity contribution in [2.75, 3.05) is 5.73 Å². The van der Waals surface area contributed by atoms with Crippen molar-refractivity contribution in [3.05, 3.63) is 20.1 Å². The van der Waals surface area contributed by atoms with Gasteiger partial charge in [-0.2, -0.15) is 0 Å². The number of hydroxylamine groups is 2. The number of hydrogen-bond donors (Lipinski definition) is 2. The average molecular weight is 304 g/mol. The van der Waals surface area contributed by atoms with Crippen molar-refractivity contribution in [3.8, 4) is 0 Å². The van der Waals surface area contributed by atoms with Crippen LogP contribution in [0.15, 0.2) is 0 Å². The van der Waals surface area contributed by atoms with Gasteiger partial charge in [0.2, 0.25) is 0 Å². The van der Waals surface area contributed by atoms with Crippen molar-refractivity contribution in [2.45, 2.75) is 38.8 Å². The van der Waals surface area contributed by atoms with Crippen molar-refractivity contribution < 1.29 is 10.1 Å². The number of nitro groups is 1. The molecule has 2 rings (SSSR count). The molecule has 0 unspecified atom stereocenters. The molecule has 0 atom stereocenters. The van der Waals surface area contributed by atoms with E-state index in [0.717, 1.165) is 10.0 Å². The van der Waals surface area contributed by atoms with Crippen molar-refractivity contribution >= 4 is 24.8 Å². The number of hydrogen-bond acceptors (Lipinski definition) is 5. The first kappa shape index (κ1) is 12.6. The zero-order valence-electron chi connectivity index (χ0n) is 10.1. The van der Waals surface area contributed by atoms with Gasteiger partial charge >= 0.3 is 105 Å². The maximum absolute atomic E-state index is 10.9. The van der Waals surface area contributed by atoms with Crippen molar-refractivity contribution in [2.24, 2.45) is 0 Å². The summed E-state index contributed by atoms with van der Waals surface area (Å²) in [6, 6.07) is 0. The van der Waals surface area contributed by atoms with Gasteiger partial charge in [-0.05, 0) is 0 Å². The van der Waals surface area contributed by atoms with Gasteiger partial charge in [0, 0.05) is 0 Å². The summed E-state index contributed by atoms with van der Waals surface area (Å²) in [4.78, 5) is 10.5. The first-order chi connectivity index (χ1) is 7.61. The van der Waals surface area contributed by atoms with Crippen molar-refractivity contribution in [1.82, 2.24) is 5.06 Å². The van der Waals surface area contributed by atoms with Gasteiger partial charge in [0.15, 0.2) is 0 Å². The zero-order valence-corrected chi connectivity index (χ0v) is 11.9. The first-order valence-electron chi connectivity index (χ1n) is 5.18. The van der Waals surface area contributed by atoms with E-state index in [2.05, 4.69) is 0 Å². The van der Waals surface area contributed by atoms with Gasteiger partial charge in [0.1, 0.15) is 0 Å². The first-order valence-corrected chi connectivity index (χ1v) is 6.90. The third-order valence-electron chi connectivity index (χ3n) is 3.32. The predicted octanol–water partition coefficient (Wildman–Crippen LogP) is 1.41. The average Bonchev–Trinajstić information content (AvgIpc) is 2.60. The van der Waals surface area contributed by atoms with E-state index >= 15 is 0 Å². The van der Waals surface area contributed by atoms with Crippen LogP contribution in [0.25, 0.3) is 0 Å². The molecule has 0 aliphatic carbocycles. The van der Waals surface area contributed by atoms with Crippen molar-refractivity contribution in [1.29, 1.82) is 0 Å². The Hall–Kier alpha value is -0.881. The fourth-order valence-corrected chi connectivity index (χ4v) is 5.19. The summed E-state index contributed by atoms with van der Waals surface area (Å²) in [6.45, 7) is 7.36. The molecule has 0 fully saturated rings. The number of nitrogens with zero attached hydrogens (tertiary/aromatic N) is 2. The molecule has 0 amide bonds. The van der Waals surface area contributed by atoms with Gasteiger partial charge in [-0.1, -0.05) is 0 Å². The number of nitrogens with two attached hydrogens (primary N) is 1. The maximum atomic E-state index is 10.9. The summed E-state index contributed by atoms with van der Waals surface area (Å²) in [6.07, 6.45) is 0. The van der Waals surface area contributed by atoms with Crippen LogP contribution in [0.4, 0.5) is 10.2 Å². The molecule has 1 aromatic heterocycles. The Morgan fingerprint density at radius 2 is 1.88 bits per heavy atom. The Kier molecular flexibility index (Phi) is 2.46. The topological polar surface area (TPSA) is 92.6 Å². The third-order valence-corrected chi connectivity index (χ3v) is 6.40.